The fourth-order valence-electron chi connectivity index (χ4n) is 4.50. The van der Waals surface area contributed by atoms with Gasteiger partial charge >= 0.3 is 0 Å². The van der Waals surface area contributed by atoms with Gasteiger partial charge in [0.1, 0.15) is 29.9 Å². The van der Waals surface area contributed by atoms with Crippen molar-refractivity contribution in [2.75, 3.05) is 13.2 Å². The third kappa shape index (κ3) is 5.13. The number of hydrogen-bond donors (Lipinski definition) is 3. The molecule has 0 bridgehead atoms. The summed E-state index contributed by atoms with van der Waals surface area (Å²) in [7, 11) is -3.83. The average molecular weight is 510 g/mol. The van der Waals surface area contributed by atoms with E-state index in [4.69, 9.17) is 35.2 Å². The largest absolute Gasteiger partial charge is 0.485 e. The van der Waals surface area contributed by atoms with Gasteiger partial charge in [-0.2, -0.15) is 0 Å². The van der Waals surface area contributed by atoms with Gasteiger partial charge in [-0.05, 0) is 41.5 Å². The third-order valence-corrected chi connectivity index (χ3v) is 7.31. The van der Waals surface area contributed by atoms with Crippen molar-refractivity contribution in [3.63, 3.8) is 0 Å². The Hall–Kier alpha value is -3.28. The van der Waals surface area contributed by atoms with Crippen molar-refractivity contribution >= 4 is 15.9 Å². The van der Waals surface area contributed by atoms with Crippen molar-refractivity contribution in [3.8, 4) is 16.9 Å². The average Bonchev–Trinajstić information content (AvgIpc) is 3.46. The Morgan fingerprint density at radius 3 is 2.22 bits per heavy atom. The highest BCUT2D eigenvalue weighted by Gasteiger charge is 2.49. The Morgan fingerprint density at radius 2 is 1.56 bits per heavy atom. The summed E-state index contributed by atoms with van der Waals surface area (Å²) >= 11 is 0. The van der Waals surface area contributed by atoms with Crippen molar-refractivity contribution in [2.45, 2.75) is 35.9 Å². The van der Waals surface area contributed by atoms with E-state index in [1.54, 1.807) is 42.5 Å². The Labute approximate surface area is 209 Å². The van der Waals surface area contributed by atoms with E-state index in [9.17, 15) is 8.42 Å². The number of ether oxygens (including phenoxy) is 4. The van der Waals surface area contributed by atoms with E-state index in [0.29, 0.717) is 36.7 Å². The molecule has 0 aromatic heterocycles. The monoisotopic (exact) mass is 509 g/mol. The van der Waals surface area contributed by atoms with Gasteiger partial charge in [-0.25, -0.2) is 13.6 Å². The van der Waals surface area contributed by atoms with Crippen LogP contribution in [0.1, 0.15) is 11.1 Å². The highest BCUT2D eigenvalue weighted by Crippen LogP contribution is 2.32. The summed E-state index contributed by atoms with van der Waals surface area (Å²) in [6, 6.07) is 21.2. The van der Waals surface area contributed by atoms with E-state index < -0.39 is 10.0 Å². The number of primary sulfonamides is 1. The number of amidine groups is 1. The molecule has 2 saturated heterocycles. The standard InChI is InChI=1S/C26H27N3O6S/c27-26(28)18-9-11-19(12-10-18)35-22-15-34-24-21(14-33-25(22)24)32-13-16-5-7-17(8-6-16)20-3-1-2-4-23(20)36(29,30)31/h1-12,21-22,24-25H,13-15H2,(H3,27,28)(H2,29,30,31)/t21-,22+,24-,25-/m1/s1. The van der Waals surface area contributed by atoms with Crippen LogP contribution in [-0.2, 0) is 30.8 Å². The van der Waals surface area contributed by atoms with Crippen LogP contribution in [0.5, 0.6) is 5.75 Å². The second-order valence-corrected chi connectivity index (χ2v) is 10.3. The summed E-state index contributed by atoms with van der Waals surface area (Å²) in [6.45, 7) is 1.15. The molecule has 3 aromatic rings. The molecule has 0 radical (unpaired) electrons. The van der Waals surface area contributed by atoms with Gasteiger partial charge in [-0.15, -0.1) is 0 Å². The summed E-state index contributed by atoms with van der Waals surface area (Å²) in [5.74, 6) is 0.666. The lowest BCUT2D eigenvalue weighted by atomic mass is 10.0. The zero-order valence-electron chi connectivity index (χ0n) is 19.4. The normalized spacial score (nSPS) is 23.4. The Bertz CT molecular complexity index is 1340. The minimum Gasteiger partial charge on any atom is -0.485 e. The molecule has 2 aliphatic rings. The molecule has 4 atom stereocenters. The summed E-state index contributed by atoms with van der Waals surface area (Å²) in [4.78, 5) is 0.0908. The SMILES string of the molecule is N=C(N)c1ccc(O[C@H]2CO[C@H]3[C@@H]2OC[C@H]3OCc2ccc(-c3ccccc3S(N)(=O)=O)cc2)cc1. The van der Waals surface area contributed by atoms with Crippen LogP contribution >= 0.6 is 0 Å². The summed E-state index contributed by atoms with van der Waals surface area (Å²) in [5.41, 5.74) is 8.38. The molecule has 5 rings (SSSR count). The van der Waals surface area contributed by atoms with E-state index in [1.165, 1.54) is 6.07 Å². The van der Waals surface area contributed by atoms with Crippen LogP contribution in [0.4, 0.5) is 0 Å². The first-order valence-electron chi connectivity index (χ1n) is 11.5. The zero-order chi connectivity index (χ0) is 25.3. The van der Waals surface area contributed by atoms with Gasteiger partial charge < -0.3 is 24.7 Å². The molecule has 0 spiro atoms. The minimum atomic E-state index is -3.83. The number of benzene rings is 3. The minimum absolute atomic E-state index is 0.00731. The molecule has 36 heavy (non-hydrogen) atoms. The van der Waals surface area contributed by atoms with Gasteiger partial charge in [0.2, 0.25) is 10.0 Å². The molecule has 5 N–H and O–H groups in total. The van der Waals surface area contributed by atoms with Crippen molar-refractivity contribution < 1.29 is 27.4 Å². The highest BCUT2D eigenvalue weighted by atomic mass is 32.2. The lowest BCUT2D eigenvalue weighted by Crippen LogP contribution is -2.35. The van der Waals surface area contributed by atoms with Crippen molar-refractivity contribution in [3.05, 3.63) is 83.9 Å². The van der Waals surface area contributed by atoms with Gasteiger partial charge in [-0.1, -0.05) is 42.5 Å². The molecule has 2 aliphatic heterocycles. The Balaban J connectivity index is 1.18. The summed E-state index contributed by atoms with van der Waals surface area (Å²) < 4.78 is 47.9. The first-order chi connectivity index (χ1) is 17.3. The fourth-order valence-corrected chi connectivity index (χ4v) is 5.26. The molecule has 9 nitrogen and oxygen atoms in total. The van der Waals surface area contributed by atoms with Gasteiger partial charge in [0.15, 0.2) is 6.10 Å². The molecule has 0 amide bonds. The van der Waals surface area contributed by atoms with Crippen LogP contribution in [0.3, 0.4) is 0 Å². The maximum absolute atomic E-state index is 11.9. The Morgan fingerprint density at radius 1 is 0.917 bits per heavy atom. The molecule has 3 aromatic carbocycles. The number of nitrogens with two attached hydrogens (primary N) is 2. The topological polar surface area (TPSA) is 147 Å². The molecule has 0 unspecified atom stereocenters. The van der Waals surface area contributed by atoms with Crippen LogP contribution in [0.25, 0.3) is 11.1 Å². The number of hydrogen-bond acceptors (Lipinski definition) is 7. The zero-order valence-corrected chi connectivity index (χ0v) is 20.2. The molecular formula is C26H27N3O6S. The van der Waals surface area contributed by atoms with E-state index in [1.807, 2.05) is 24.3 Å². The van der Waals surface area contributed by atoms with Gasteiger partial charge in [0.05, 0.1) is 24.7 Å². The molecule has 188 valence electrons. The van der Waals surface area contributed by atoms with Gasteiger partial charge in [0.25, 0.3) is 0 Å². The first-order valence-corrected chi connectivity index (χ1v) is 13.0. The summed E-state index contributed by atoms with van der Waals surface area (Å²) in [6.07, 6.45) is -0.955. The van der Waals surface area contributed by atoms with Crippen LogP contribution < -0.4 is 15.6 Å². The number of fused-ring (bicyclic) bond motifs is 1. The Kier molecular flexibility index (Phi) is 6.78. The van der Waals surface area contributed by atoms with Gasteiger partial charge in [-0.3, -0.25) is 5.41 Å². The molecule has 0 saturated carbocycles. The molecule has 2 heterocycles. The number of nitrogen functional groups attached to an aromatic ring is 1. The van der Waals surface area contributed by atoms with Gasteiger partial charge in [0, 0.05) is 11.1 Å². The van der Waals surface area contributed by atoms with Crippen molar-refractivity contribution in [1.82, 2.24) is 0 Å². The quantitative estimate of drug-likeness (QED) is 0.312. The molecular weight excluding hydrogens is 482 g/mol. The van der Waals surface area contributed by atoms with Crippen LogP contribution in [0.2, 0.25) is 0 Å². The van der Waals surface area contributed by atoms with Crippen LogP contribution in [0.15, 0.2) is 77.7 Å². The second kappa shape index (κ2) is 10.00. The maximum atomic E-state index is 11.9. The molecule has 10 heteroatoms. The highest BCUT2D eigenvalue weighted by molar-refractivity contribution is 7.89. The summed E-state index contributed by atoms with van der Waals surface area (Å²) in [5, 5.41) is 12.8. The third-order valence-electron chi connectivity index (χ3n) is 6.34. The van der Waals surface area contributed by atoms with E-state index in [-0.39, 0.29) is 35.1 Å². The lowest BCUT2D eigenvalue weighted by molar-refractivity contribution is -0.0425. The predicted molar refractivity (Wildman–Crippen MR) is 133 cm³/mol. The first kappa shape index (κ1) is 24.4. The number of nitrogens with one attached hydrogen (secondary N) is 1. The van der Waals surface area contributed by atoms with Crippen molar-refractivity contribution in [2.24, 2.45) is 10.9 Å². The fraction of sp³-hybridized carbons (Fsp3) is 0.269. The molecule has 2 fully saturated rings. The van der Waals surface area contributed by atoms with E-state index in [0.717, 1.165) is 11.1 Å². The second-order valence-electron chi connectivity index (χ2n) is 8.78. The predicted octanol–water partition coefficient (Wildman–Crippen LogP) is 2.42. The number of rotatable bonds is 8. The smallest absolute Gasteiger partial charge is 0.238 e. The van der Waals surface area contributed by atoms with E-state index >= 15 is 0 Å². The van der Waals surface area contributed by atoms with Crippen LogP contribution in [0, 0.1) is 5.41 Å². The van der Waals surface area contributed by atoms with Crippen molar-refractivity contribution in [1.29, 1.82) is 5.41 Å². The lowest BCUT2D eigenvalue weighted by Gasteiger charge is -2.18. The van der Waals surface area contributed by atoms with Crippen LogP contribution in [-0.4, -0.2) is 51.9 Å². The maximum Gasteiger partial charge on any atom is 0.238 e. The molecule has 0 aliphatic carbocycles. The van der Waals surface area contributed by atoms with E-state index in [2.05, 4.69) is 0 Å². The number of sulfonamides is 1.